The summed E-state index contributed by atoms with van der Waals surface area (Å²) in [7, 11) is 0. The van der Waals surface area contributed by atoms with Gasteiger partial charge in [0.05, 0.1) is 24.6 Å². The van der Waals surface area contributed by atoms with Crippen LogP contribution in [0.25, 0.3) is 0 Å². The van der Waals surface area contributed by atoms with Gasteiger partial charge in [0, 0.05) is 12.6 Å². The summed E-state index contributed by atoms with van der Waals surface area (Å²) in [5, 5.41) is 11.1. The van der Waals surface area contributed by atoms with Gasteiger partial charge in [-0.05, 0) is 12.8 Å². The van der Waals surface area contributed by atoms with Gasteiger partial charge < -0.3 is 10.1 Å². The second kappa shape index (κ2) is 6.77. The number of nitrogens with zero attached hydrogens (tertiary/aromatic N) is 2. The smallest absolute Gasteiger partial charge is 0.153 e. The van der Waals surface area contributed by atoms with Crippen LogP contribution in [0.2, 0.25) is 5.15 Å². The lowest BCUT2D eigenvalue weighted by Gasteiger charge is -2.22. The lowest BCUT2D eigenvalue weighted by Crippen LogP contribution is -2.20. The van der Waals surface area contributed by atoms with Crippen LogP contribution in [0.5, 0.6) is 0 Å². The summed E-state index contributed by atoms with van der Waals surface area (Å²) in [4.78, 5) is 0. The molecule has 4 nitrogen and oxygen atoms in total. The van der Waals surface area contributed by atoms with Gasteiger partial charge in [-0.3, -0.25) is 0 Å². The zero-order valence-electron chi connectivity index (χ0n) is 9.86. The van der Waals surface area contributed by atoms with E-state index in [1.54, 1.807) is 12.3 Å². The van der Waals surface area contributed by atoms with Gasteiger partial charge in [0.2, 0.25) is 0 Å². The van der Waals surface area contributed by atoms with Gasteiger partial charge in [-0.1, -0.05) is 30.9 Å². The molecule has 1 N–H and O–H groups in total. The third kappa shape index (κ3) is 4.48. The lowest BCUT2D eigenvalue weighted by molar-refractivity contribution is 0.0347. The Morgan fingerprint density at radius 3 is 2.94 bits per heavy atom. The molecule has 0 atom stereocenters. The molecule has 1 heterocycles. The first-order valence-corrected chi connectivity index (χ1v) is 6.56. The molecular weight excluding hydrogens is 238 g/mol. The SMILES string of the molecule is Clc1cc(NCCOC2CCCCC2)cnn1. The van der Waals surface area contributed by atoms with E-state index < -0.39 is 0 Å². The van der Waals surface area contributed by atoms with Crippen molar-refractivity contribution in [3.8, 4) is 0 Å². The topological polar surface area (TPSA) is 47.0 Å². The molecule has 5 heteroatoms. The quantitative estimate of drug-likeness (QED) is 0.822. The Morgan fingerprint density at radius 1 is 1.35 bits per heavy atom. The third-order valence-electron chi connectivity index (χ3n) is 2.96. The Hall–Kier alpha value is -0.870. The Kier molecular flexibility index (Phi) is 5.01. The van der Waals surface area contributed by atoms with E-state index in [1.807, 2.05) is 0 Å². The van der Waals surface area contributed by atoms with Crippen molar-refractivity contribution in [2.45, 2.75) is 38.2 Å². The van der Waals surface area contributed by atoms with Crippen molar-refractivity contribution < 1.29 is 4.74 Å². The molecule has 1 saturated carbocycles. The maximum atomic E-state index is 5.80. The van der Waals surface area contributed by atoms with Crippen LogP contribution in [-0.2, 0) is 4.74 Å². The zero-order chi connectivity index (χ0) is 11.9. The molecule has 1 fully saturated rings. The van der Waals surface area contributed by atoms with Gasteiger partial charge in [0.25, 0.3) is 0 Å². The molecule has 0 aliphatic heterocycles. The maximum absolute atomic E-state index is 5.80. The first-order chi connectivity index (χ1) is 8.34. The standard InChI is InChI=1S/C12H18ClN3O/c13-12-8-10(9-15-16-12)14-6-7-17-11-4-2-1-3-5-11/h8-9,11H,1-7H2,(H,14,16). The molecule has 0 saturated heterocycles. The van der Waals surface area contributed by atoms with Crippen molar-refractivity contribution >= 4 is 17.3 Å². The summed E-state index contributed by atoms with van der Waals surface area (Å²) in [5.41, 5.74) is 0.886. The van der Waals surface area contributed by atoms with Crippen molar-refractivity contribution in [2.24, 2.45) is 0 Å². The summed E-state index contributed by atoms with van der Waals surface area (Å²) in [5.74, 6) is 0. The summed E-state index contributed by atoms with van der Waals surface area (Å²) < 4.78 is 5.80. The summed E-state index contributed by atoms with van der Waals surface area (Å²) in [6.45, 7) is 1.50. The van der Waals surface area contributed by atoms with Crippen LogP contribution in [0.1, 0.15) is 32.1 Å². The molecule has 0 aromatic carbocycles. The van der Waals surface area contributed by atoms with E-state index in [4.69, 9.17) is 16.3 Å². The Balaban J connectivity index is 1.62. The summed E-state index contributed by atoms with van der Waals surface area (Å²) >= 11 is 5.73. The monoisotopic (exact) mass is 255 g/mol. The van der Waals surface area contributed by atoms with Crippen LogP contribution in [0.4, 0.5) is 5.69 Å². The molecule has 1 aliphatic carbocycles. The molecule has 0 unspecified atom stereocenters. The van der Waals surface area contributed by atoms with Crippen molar-refractivity contribution in [2.75, 3.05) is 18.5 Å². The third-order valence-corrected chi connectivity index (χ3v) is 3.15. The van der Waals surface area contributed by atoms with Crippen molar-refractivity contribution in [3.63, 3.8) is 0 Å². The minimum absolute atomic E-state index is 0.406. The molecule has 0 amide bonds. The van der Waals surface area contributed by atoms with Gasteiger partial charge in [-0.25, -0.2) is 0 Å². The highest BCUT2D eigenvalue weighted by Crippen LogP contribution is 2.20. The van der Waals surface area contributed by atoms with Crippen LogP contribution in [0, 0.1) is 0 Å². The number of aromatic nitrogens is 2. The Labute approximate surface area is 107 Å². The predicted octanol–water partition coefficient (Wildman–Crippen LogP) is 2.89. The maximum Gasteiger partial charge on any atom is 0.153 e. The van der Waals surface area contributed by atoms with Gasteiger partial charge >= 0.3 is 0 Å². The number of hydrogen-bond donors (Lipinski definition) is 1. The highest BCUT2D eigenvalue weighted by Gasteiger charge is 2.12. The fourth-order valence-electron chi connectivity index (χ4n) is 2.09. The molecule has 1 aromatic heterocycles. The summed E-state index contributed by atoms with van der Waals surface area (Å²) in [6.07, 6.45) is 8.52. The number of nitrogens with one attached hydrogen (secondary N) is 1. The van der Waals surface area contributed by atoms with E-state index >= 15 is 0 Å². The van der Waals surface area contributed by atoms with Gasteiger partial charge in [-0.2, -0.15) is 5.10 Å². The van der Waals surface area contributed by atoms with Gasteiger partial charge in [-0.15, -0.1) is 5.10 Å². The molecule has 0 bridgehead atoms. The molecule has 0 spiro atoms. The van der Waals surface area contributed by atoms with E-state index in [0.29, 0.717) is 11.3 Å². The molecule has 1 aliphatic rings. The first-order valence-electron chi connectivity index (χ1n) is 6.18. The molecule has 17 heavy (non-hydrogen) atoms. The average Bonchev–Trinajstić information content (AvgIpc) is 2.36. The van der Waals surface area contributed by atoms with Crippen LogP contribution >= 0.6 is 11.6 Å². The fraction of sp³-hybridized carbons (Fsp3) is 0.667. The van der Waals surface area contributed by atoms with Gasteiger partial charge in [0.1, 0.15) is 0 Å². The van der Waals surface area contributed by atoms with Crippen molar-refractivity contribution in [1.29, 1.82) is 0 Å². The predicted molar refractivity (Wildman–Crippen MR) is 68.4 cm³/mol. The number of ether oxygens (including phenoxy) is 1. The lowest BCUT2D eigenvalue weighted by atomic mass is 9.98. The number of anilines is 1. The van der Waals surface area contributed by atoms with E-state index in [-0.39, 0.29) is 0 Å². The van der Waals surface area contributed by atoms with E-state index in [9.17, 15) is 0 Å². The Bertz CT molecular complexity index is 342. The second-order valence-electron chi connectivity index (χ2n) is 4.32. The largest absolute Gasteiger partial charge is 0.381 e. The second-order valence-corrected chi connectivity index (χ2v) is 4.71. The molecule has 2 rings (SSSR count). The first kappa shape index (κ1) is 12.6. The molecule has 0 radical (unpaired) electrons. The number of hydrogen-bond acceptors (Lipinski definition) is 4. The number of halogens is 1. The summed E-state index contributed by atoms with van der Waals surface area (Å²) in [6, 6.07) is 1.76. The van der Waals surface area contributed by atoms with Crippen LogP contribution in [0.15, 0.2) is 12.3 Å². The normalized spacial score (nSPS) is 17.0. The van der Waals surface area contributed by atoms with E-state index in [0.717, 1.165) is 18.8 Å². The Morgan fingerprint density at radius 2 is 2.18 bits per heavy atom. The van der Waals surface area contributed by atoms with E-state index in [1.165, 1.54) is 32.1 Å². The van der Waals surface area contributed by atoms with E-state index in [2.05, 4.69) is 15.5 Å². The van der Waals surface area contributed by atoms with Crippen LogP contribution < -0.4 is 5.32 Å². The molecule has 1 aromatic rings. The van der Waals surface area contributed by atoms with Gasteiger partial charge in [0.15, 0.2) is 5.15 Å². The zero-order valence-corrected chi connectivity index (χ0v) is 10.6. The highest BCUT2D eigenvalue weighted by atomic mass is 35.5. The molecule has 94 valence electrons. The highest BCUT2D eigenvalue weighted by molar-refractivity contribution is 6.29. The van der Waals surface area contributed by atoms with Crippen LogP contribution in [-0.4, -0.2) is 29.5 Å². The average molecular weight is 256 g/mol. The van der Waals surface area contributed by atoms with Crippen molar-refractivity contribution in [1.82, 2.24) is 10.2 Å². The minimum Gasteiger partial charge on any atom is -0.381 e. The molecular formula is C12H18ClN3O. The number of rotatable bonds is 5. The van der Waals surface area contributed by atoms with Crippen LogP contribution in [0.3, 0.4) is 0 Å². The minimum atomic E-state index is 0.406. The fourth-order valence-corrected chi connectivity index (χ4v) is 2.25. The van der Waals surface area contributed by atoms with Crippen molar-refractivity contribution in [3.05, 3.63) is 17.4 Å².